The Hall–Kier alpha value is -2.56. The lowest BCUT2D eigenvalue weighted by Crippen LogP contribution is -2.00. The van der Waals surface area contributed by atoms with E-state index in [1.54, 1.807) is 24.3 Å². The monoisotopic (exact) mass is 275 g/mol. The molecule has 0 saturated heterocycles. The third kappa shape index (κ3) is 3.26. The lowest BCUT2D eigenvalue weighted by atomic mass is 10.1. The van der Waals surface area contributed by atoms with Crippen LogP contribution in [0.25, 0.3) is 0 Å². The van der Waals surface area contributed by atoms with Gasteiger partial charge in [0, 0.05) is 12.3 Å². The molecule has 0 aromatic heterocycles. The number of halogens is 2. The van der Waals surface area contributed by atoms with E-state index in [1.165, 1.54) is 19.4 Å². The number of hydrogen-bond acceptors (Lipinski definition) is 3. The molecule has 0 fully saturated rings. The lowest BCUT2D eigenvalue weighted by molar-refractivity contribution is 0.0600. The minimum atomic E-state index is -0.944. The van der Waals surface area contributed by atoms with Gasteiger partial charge >= 0.3 is 5.97 Å². The molecule has 0 aliphatic rings. The van der Waals surface area contributed by atoms with Gasteiger partial charge in [0.2, 0.25) is 0 Å². The zero-order chi connectivity index (χ0) is 14.5. The van der Waals surface area contributed by atoms with E-state index in [1.807, 2.05) is 0 Å². The fraction of sp³-hybridized carbons (Fsp3) is 0.0667. The molecule has 0 aliphatic carbocycles. The van der Waals surface area contributed by atoms with Crippen LogP contribution in [0.1, 0.15) is 15.9 Å². The third-order valence-corrected chi connectivity index (χ3v) is 2.60. The van der Waals surface area contributed by atoms with Crippen LogP contribution in [0.3, 0.4) is 0 Å². The van der Waals surface area contributed by atoms with Gasteiger partial charge in [-0.3, -0.25) is 4.99 Å². The van der Waals surface area contributed by atoms with Crippen molar-refractivity contribution < 1.29 is 18.3 Å². The Labute approximate surface area is 114 Å². The summed E-state index contributed by atoms with van der Waals surface area (Å²) in [6, 6.07) is 9.94. The molecule has 0 bridgehead atoms. The van der Waals surface area contributed by atoms with Crippen LogP contribution in [0.4, 0.5) is 14.5 Å². The van der Waals surface area contributed by atoms with Crippen molar-refractivity contribution in [3.63, 3.8) is 0 Å². The molecular formula is C15H11F2NO2. The van der Waals surface area contributed by atoms with E-state index in [2.05, 4.69) is 9.73 Å². The second kappa shape index (κ2) is 6.06. The number of hydrogen-bond donors (Lipinski definition) is 0. The third-order valence-electron chi connectivity index (χ3n) is 2.60. The van der Waals surface area contributed by atoms with Gasteiger partial charge in [-0.25, -0.2) is 13.6 Å². The van der Waals surface area contributed by atoms with Crippen LogP contribution in [0.2, 0.25) is 0 Å². The molecule has 0 aliphatic heterocycles. The number of nitrogens with zero attached hydrogens (tertiary/aromatic N) is 1. The highest BCUT2D eigenvalue weighted by Gasteiger charge is 2.04. The molecule has 20 heavy (non-hydrogen) atoms. The van der Waals surface area contributed by atoms with Crippen molar-refractivity contribution in [2.75, 3.05) is 7.11 Å². The summed E-state index contributed by atoms with van der Waals surface area (Å²) in [6.07, 6.45) is 1.49. The zero-order valence-corrected chi connectivity index (χ0v) is 10.6. The molecule has 0 spiro atoms. The maximum absolute atomic E-state index is 13.0. The normalized spacial score (nSPS) is 10.8. The quantitative estimate of drug-likeness (QED) is 0.635. The molecule has 2 rings (SSSR count). The molecule has 0 heterocycles. The minimum absolute atomic E-state index is 0.306. The van der Waals surface area contributed by atoms with Crippen LogP contribution in [0.5, 0.6) is 0 Å². The molecule has 5 heteroatoms. The highest BCUT2D eigenvalue weighted by molar-refractivity contribution is 5.90. The fourth-order valence-electron chi connectivity index (χ4n) is 1.54. The van der Waals surface area contributed by atoms with Crippen LogP contribution in [-0.4, -0.2) is 19.3 Å². The van der Waals surface area contributed by atoms with Crippen LogP contribution in [-0.2, 0) is 4.74 Å². The van der Waals surface area contributed by atoms with Crippen LogP contribution in [0.15, 0.2) is 47.5 Å². The van der Waals surface area contributed by atoms with Crippen molar-refractivity contribution >= 4 is 17.9 Å². The molecule has 2 aromatic rings. The molecule has 102 valence electrons. The van der Waals surface area contributed by atoms with E-state index in [0.29, 0.717) is 11.3 Å². The van der Waals surface area contributed by atoms with E-state index in [0.717, 1.165) is 17.7 Å². The van der Waals surface area contributed by atoms with Gasteiger partial charge in [-0.1, -0.05) is 12.1 Å². The van der Waals surface area contributed by atoms with Crippen molar-refractivity contribution in [2.24, 2.45) is 4.99 Å². The summed E-state index contributed by atoms with van der Waals surface area (Å²) >= 11 is 0. The number of methoxy groups -OCH3 is 1. The summed E-state index contributed by atoms with van der Waals surface area (Å²) in [5, 5.41) is 0. The summed E-state index contributed by atoms with van der Waals surface area (Å²) in [7, 11) is 1.31. The average Bonchev–Trinajstić information content (AvgIpc) is 2.48. The van der Waals surface area contributed by atoms with Crippen LogP contribution < -0.4 is 0 Å². The lowest BCUT2D eigenvalue weighted by Gasteiger charge is -1.99. The first kappa shape index (κ1) is 13.9. The summed E-state index contributed by atoms with van der Waals surface area (Å²) in [4.78, 5) is 15.3. The van der Waals surface area contributed by atoms with E-state index < -0.39 is 17.6 Å². The van der Waals surface area contributed by atoms with E-state index in [4.69, 9.17) is 0 Å². The Morgan fingerprint density at radius 1 is 1.10 bits per heavy atom. The highest BCUT2D eigenvalue weighted by atomic mass is 19.2. The summed E-state index contributed by atoms with van der Waals surface area (Å²) in [5.41, 5.74) is 1.46. The molecular weight excluding hydrogens is 264 g/mol. The number of carbonyl (C=O) groups excluding carboxylic acids is 1. The Morgan fingerprint density at radius 2 is 1.80 bits per heavy atom. The van der Waals surface area contributed by atoms with E-state index in [-0.39, 0.29) is 0 Å². The predicted octanol–water partition coefficient (Wildman–Crippen LogP) is 3.50. The van der Waals surface area contributed by atoms with Crippen molar-refractivity contribution in [1.82, 2.24) is 0 Å². The fourth-order valence-corrected chi connectivity index (χ4v) is 1.54. The second-order valence-corrected chi connectivity index (χ2v) is 3.97. The van der Waals surface area contributed by atoms with Crippen molar-refractivity contribution in [1.29, 1.82) is 0 Å². The van der Waals surface area contributed by atoms with Gasteiger partial charge in [0.1, 0.15) is 0 Å². The Kier molecular flexibility index (Phi) is 4.20. The average molecular weight is 275 g/mol. The Bertz CT molecular complexity index is 651. The van der Waals surface area contributed by atoms with Gasteiger partial charge < -0.3 is 4.74 Å². The second-order valence-electron chi connectivity index (χ2n) is 3.97. The first-order valence-electron chi connectivity index (χ1n) is 5.77. The van der Waals surface area contributed by atoms with Gasteiger partial charge in [-0.15, -0.1) is 0 Å². The van der Waals surface area contributed by atoms with Crippen molar-refractivity contribution in [3.05, 3.63) is 65.2 Å². The predicted molar refractivity (Wildman–Crippen MR) is 71.4 cm³/mol. The number of carbonyl (C=O) groups is 1. The molecule has 0 amide bonds. The first-order chi connectivity index (χ1) is 9.60. The maximum atomic E-state index is 13.0. The largest absolute Gasteiger partial charge is 0.465 e. The maximum Gasteiger partial charge on any atom is 0.337 e. The van der Waals surface area contributed by atoms with Crippen molar-refractivity contribution in [2.45, 2.75) is 0 Å². The van der Waals surface area contributed by atoms with Gasteiger partial charge in [0.15, 0.2) is 11.6 Å². The molecule has 0 atom stereocenters. The molecule has 0 unspecified atom stereocenters. The van der Waals surface area contributed by atoms with Gasteiger partial charge in [-0.05, 0) is 29.8 Å². The minimum Gasteiger partial charge on any atom is -0.465 e. The number of esters is 1. The number of benzene rings is 2. The Balaban J connectivity index is 2.15. The highest BCUT2D eigenvalue weighted by Crippen LogP contribution is 2.16. The van der Waals surface area contributed by atoms with E-state index >= 15 is 0 Å². The van der Waals surface area contributed by atoms with Gasteiger partial charge in [0.05, 0.1) is 18.4 Å². The summed E-state index contributed by atoms with van der Waals surface area (Å²) in [5.74, 6) is -2.28. The Morgan fingerprint density at radius 3 is 2.40 bits per heavy atom. The first-order valence-corrected chi connectivity index (χ1v) is 5.77. The van der Waals surface area contributed by atoms with Gasteiger partial charge in [-0.2, -0.15) is 0 Å². The smallest absolute Gasteiger partial charge is 0.337 e. The molecule has 0 N–H and O–H groups in total. The molecule has 0 saturated carbocycles. The molecule has 0 radical (unpaired) electrons. The number of rotatable bonds is 3. The molecule has 3 nitrogen and oxygen atoms in total. The van der Waals surface area contributed by atoms with Crippen LogP contribution in [0, 0.1) is 11.6 Å². The number of ether oxygens (including phenoxy) is 1. The topological polar surface area (TPSA) is 38.7 Å². The van der Waals surface area contributed by atoms with Crippen LogP contribution >= 0.6 is 0 Å². The SMILES string of the molecule is COC(=O)c1ccc(C=Nc2ccc(F)c(F)c2)cc1. The summed E-state index contributed by atoms with van der Waals surface area (Å²) in [6.45, 7) is 0. The molecule has 2 aromatic carbocycles. The number of aliphatic imine (C=N–C) groups is 1. The van der Waals surface area contributed by atoms with Gasteiger partial charge in [0.25, 0.3) is 0 Å². The summed E-state index contributed by atoms with van der Waals surface area (Å²) < 4.78 is 30.3. The zero-order valence-electron chi connectivity index (χ0n) is 10.6. The standard InChI is InChI=1S/C15H11F2NO2/c1-20-15(19)11-4-2-10(3-5-11)9-18-12-6-7-13(16)14(17)8-12/h2-9H,1H3. The van der Waals surface area contributed by atoms with Crippen molar-refractivity contribution in [3.8, 4) is 0 Å². The van der Waals surface area contributed by atoms with E-state index in [9.17, 15) is 13.6 Å².